The molecule has 1 fully saturated rings. The highest BCUT2D eigenvalue weighted by molar-refractivity contribution is 6.74. The molecule has 19 heavy (non-hydrogen) atoms. The molecule has 5 heteroatoms. The lowest BCUT2D eigenvalue weighted by Gasteiger charge is -2.47. The van der Waals surface area contributed by atoms with Crippen LogP contribution in [0.3, 0.4) is 0 Å². The second-order valence-electron chi connectivity index (χ2n) is 7.30. The van der Waals surface area contributed by atoms with Crippen LogP contribution in [0.15, 0.2) is 0 Å². The lowest BCUT2D eigenvalue weighted by molar-refractivity contribution is -0.142. The van der Waals surface area contributed by atoms with Crippen LogP contribution in [0.25, 0.3) is 0 Å². The largest absolute Gasteiger partial charge is 0.413 e. The number of nitrogens with one attached hydrogen (secondary N) is 1. The standard InChI is InChI=1S/C14H29NO3Si/c1-9(8-16)12-11(13(17)15-12)10(2)18-19(6,7)14(3,4)5/h9-12,16H,8H2,1-7H3,(H,15,17)/t9-,10+,11+,12+/m0/s1. The van der Waals surface area contributed by atoms with Gasteiger partial charge in [-0.1, -0.05) is 27.7 Å². The Morgan fingerprint density at radius 3 is 2.26 bits per heavy atom. The molecular formula is C14H29NO3Si. The Balaban J connectivity index is 2.72. The van der Waals surface area contributed by atoms with E-state index in [0.717, 1.165) is 0 Å². The molecular weight excluding hydrogens is 258 g/mol. The van der Waals surface area contributed by atoms with Crippen molar-refractivity contribution >= 4 is 14.2 Å². The van der Waals surface area contributed by atoms with Crippen molar-refractivity contribution in [3.05, 3.63) is 0 Å². The second-order valence-corrected chi connectivity index (χ2v) is 12.1. The summed E-state index contributed by atoms with van der Waals surface area (Å²) >= 11 is 0. The minimum Gasteiger partial charge on any atom is -0.413 e. The molecule has 0 aromatic rings. The molecule has 1 amide bonds. The summed E-state index contributed by atoms with van der Waals surface area (Å²) in [7, 11) is -1.86. The van der Waals surface area contributed by atoms with Crippen molar-refractivity contribution in [3.63, 3.8) is 0 Å². The molecule has 1 rings (SSSR count). The number of rotatable bonds is 5. The number of aliphatic hydroxyl groups is 1. The molecule has 2 N–H and O–H groups in total. The molecule has 0 spiro atoms. The van der Waals surface area contributed by atoms with E-state index in [1.807, 2.05) is 13.8 Å². The van der Waals surface area contributed by atoms with E-state index < -0.39 is 8.32 Å². The van der Waals surface area contributed by atoms with E-state index in [9.17, 15) is 9.90 Å². The van der Waals surface area contributed by atoms with Gasteiger partial charge in [0.25, 0.3) is 0 Å². The van der Waals surface area contributed by atoms with Crippen LogP contribution >= 0.6 is 0 Å². The minimum absolute atomic E-state index is 0.0391. The van der Waals surface area contributed by atoms with E-state index in [-0.39, 0.29) is 41.5 Å². The number of hydrogen-bond donors (Lipinski definition) is 2. The van der Waals surface area contributed by atoms with Gasteiger partial charge in [-0.2, -0.15) is 0 Å². The van der Waals surface area contributed by atoms with Crippen molar-refractivity contribution in [1.29, 1.82) is 0 Å². The van der Waals surface area contributed by atoms with E-state index in [1.165, 1.54) is 0 Å². The van der Waals surface area contributed by atoms with E-state index in [1.54, 1.807) is 0 Å². The van der Waals surface area contributed by atoms with Crippen LogP contribution in [-0.2, 0) is 9.22 Å². The average Bonchev–Trinajstić information content (AvgIpc) is 2.22. The number of amides is 1. The Kier molecular flexibility index (Phi) is 4.86. The van der Waals surface area contributed by atoms with Crippen molar-refractivity contribution in [1.82, 2.24) is 5.32 Å². The van der Waals surface area contributed by atoms with Crippen LogP contribution in [-0.4, -0.2) is 38.1 Å². The normalized spacial score (nSPS) is 27.5. The molecule has 0 aromatic heterocycles. The van der Waals surface area contributed by atoms with Gasteiger partial charge in [0.1, 0.15) is 0 Å². The maximum Gasteiger partial charge on any atom is 0.228 e. The van der Waals surface area contributed by atoms with Crippen molar-refractivity contribution in [3.8, 4) is 0 Å². The third-order valence-corrected chi connectivity index (χ3v) is 9.27. The van der Waals surface area contributed by atoms with E-state index in [0.29, 0.717) is 0 Å². The Bertz CT molecular complexity index is 338. The highest BCUT2D eigenvalue weighted by atomic mass is 28.4. The van der Waals surface area contributed by atoms with Crippen LogP contribution in [0.1, 0.15) is 34.6 Å². The fourth-order valence-corrected chi connectivity index (χ4v) is 3.68. The molecule has 0 aliphatic carbocycles. The number of hydrogen-bond acceptors (Lipinski definition) is 3. The highest BCUT2D eigenvalue weighted by Gasteiger charge is 2.48. The Morgan fingerprint density at radius 2 is 1.89 bits per heavy atom. The Labute approximate surface area is 118 Å². The van der Waals surface area contributed by atoms with Crippen LogP contribution in [0.2, 0.25) is 18.1 Å². The number of carbonyl (C=O) groups excluding carboxylic acids is 1. The molecule has 4 nitrogen and oxygen atoms in total. The first kappa shape index (κ1) is 16.7. The summed E-state index contributed by atoms with van der Waals surface area (Å²) < 4.78 is 6.30. The van der Waals surface area contributed by atoms with Crippen molar-refractivity contribution in [2.45, 2.75) is 64.9 Å². The van der Waals surface area contributed by atoms with E-state index in [4.69, 9.17) is 4.43 Å². The van der Waals surface area contributed by atoms with Crippen LogP contribution in [0.4, 0.5) is 0 Å². The zero-order valence-electron chi connectivity index (χ0n) is 13.3. The van der Waals surface area contributed by atoms with Gasteiger partial charge >= 0.3 is 0 Å². The van der Waals surface area contributed by atoms with Gasteiger partial charge in [-0.15, -0.1) is 0 Å². The van der Waals surface area contributed by atoms with Crippen molar-refractivity contribution < 1.29 is 14.3 Å². The molecule has 1 saturated heterocycles. The van der Waals surface area contributed by atoms with Gasteiger partial charge in [0.05, 0.1) is 12.0 Å². The van der Waals surface area contributed by atoms with Gasteiger partial charge in [0, 0.05) is 18.6 Å². The third-order valence-electron chi connectivity index (χ3n) is 4.69. The topological polar surface area (TPSA) is 58.6 Å². The maximum atomic E-state index is 11.8. The van der Waals surface area contributed by atoms with Crippen molar-refractivity contribution in [2.24, 2.45) is 11.8 Å². The fourth-order valence-electron chi connectivity index (χ4n) is 2.25. The summed E-state index contributed by atoms with van der Waals surface area (Å²) in [6.45, 7) is 15.0. The van der Waals surface area contributed by atoms with Gasteiger partial charge in [-0.3, -0.25) is 4.79 Å². The van der Waals surface area contributed by atoms with E-state index >= 15 is 0 Å². The highest BCUT2D eigenvalue weighted by Crippen LogP contribution is 2.39. The zero-order valence-corrected chi connectivity index (χ0v) is 14.3. The summed E-state index contributed by atoms with van der Waals surface area (Å²) in [5, 5.41) is 12.3. The first-order valence-electron chi connectivity index (χ1n) is 7.10. The smallest absolute Gasteiger partial charge is 0.228 e. The third kappa shape index (κ3) is 3.38. The SMILES string of the molecule is C[C@@H](CO)[C@H]1NC(=O)[C@@H]1[C@@H](C)O[Si](C)(C)C(C)(C)C. The van der Waals surface area contributed by atoms with Gasteiger partial charge in [-0.05, 0) is 25.1 Å². The van der Waals surface area contributed by atoms with Gasteiger partial charge in [-0.25, -0.2) is 0 Å². The fraction of sp³-hybridized carbons (Fsp3) is 0.929. The van der Waals surface area contributed by atoms with Gasteiger partial charge < -0.3 is 14.8 Å². The lowest BCUT2D eigenvalue weighted by Crippen LogP contribution is -2.66. The molecule has 0 saturated carbocycles. The summed E-state index contributed by atoms with van der Waals surface area (Å²) in [4.78, 5) is 11.8. The quantitative estimate of drug-likeness (QED) is 0.601. The molecule has 0 aromatic carbocycles. The predicted octanol–water partition coefficient (Wildman–Crippen LogP) is 2.14. The molecule has 112 valence electrons. The van der Waals surface area contributed by atoms with Crippen LogP contribution in [0.5, 0.6) is 0 Å². The molecule has 0 unspecified atom stereocenters. The zero-order chi connectivity index (χ0) is 15.0. The molecule has 1 heterocycles. The number of β-lactam (4-membered cyclic amide) rings is 1. The lowest BCUT2D eigenvalue weighted by atomic mass is 9.79. The Hall–Kier alpha value is -0.393. The predicted molar refractivity (Wildman–Crippen MR) is 79.4 cm³/mol. The monoisotopic (exact) mass is 287 g/mol. The maximum absolute atomic E-state index is 11.8. The Morgan fingerprint density at radius 1 is 1.37 bits per heavy atom. The minimum atomic E-state index is -1.86. The van der Waals surface area contributed by atoms with Crippen LogP contribution in [0, 0.1) is 11.8 Å². The summed E-state index contributed by atoms with van der Waals surface area (Å²) in [6, 6.07) is 0.0391. The first-order valence-corrected chi connectivity index (χ1v) is 10.0. The number of carbonyl (C=O) groups is 1. The molecule has 1 aliphatic rings. The summed E-state index contributed by atoms with van der Waals surface area (Å²) in [5.41, 5.74) is 0. The molecule has 4 atom stereocenters. The van der Waals surface area contributed by atoms with Crippen LogP contribution < -0.4 is 5.32 Å². The first-order chi connectivity index (χ1) is 8.51. The molecule has 0 radical (unpaired) electrons. The number of aliphatic hydroxyl groups excluding tert-OH is 1. The average molecular weight is 287 g/mol. The summed E-state index contributed by atoms with van der Waals surface area (Å²) in [6.07, 6.45) is -0.0892. The van der Waals surface area contributed by atoms with Gasteiger partial charge in [0.2, 0.25) is 5.91 Å². The van der Waals surface area contributed by atoms with E-state index in [2.05, 4.69) is 39.2 Å². The second kappa shape index (κ2) is 5.54. The molecule has 0 bridgehead atoms. The summed E-state index contributed by atoms with van der Waals surface area (Å²) in [5.74, 6) is 0.000879. The van der Waals surface area contributed by atoms with Gasteiger partial charge in [0.15, 0.2) is 8.32 Å². The molecule has 1 aliphatic heterocycles. The van der Waals surface area contributed by atoms with Crippen molar-refractivity contribution in [2.75, 3.05) is 6.61 Å².